The molecule has 0 amide bonds. The number of hydrogen-bond donors (Lipinski definition) is 0. The number of ether oxygens (including phenoxy) is 2. The van der Waals surface area contributed by atoms with Gasteiger partial charge >= 0.3 is 0 Å². The van der Waals surface area contributed by atoms with Crippen molar-refractivity contribution in [1.29, 1.82) is 0 Å². The summed E-state index contributed by atoms with van der Waals surface area (Å²) in [6, 6.07) is 0. The van der Waals surface area contributed by atoms with Gasteiger partial charge in [0, 0.05) is 14.2 Å². The van der Waals surface area contributed by atoms with Crippen LogP contribution >= 0.6 is 0 Å². The highest BCUT2D eigenvalue weighted by molar-refractivity contribution is 7.80. The molecule has 19 heavy (non-hydrogen) atoms. The van der Waals surface area contributed by atoms with Gasteiger partial charge in [0.05, 0.1) is 23.6 Å². The van der Waals surface area contributed by atoms with Gasteiger partial charge < -0.3 is 9.47 Å². The summed E-state index contributed by atoms with van der Waals surface area (Å²) >= 11 is -1.13. The lowest BCUT2D eigenvalue weighted by Gasteiger charge is -2.30. The first-order valence-electron chi connectivity index (χ1n) is 7.36. The maximum Gasteiger partial charge on any atom is 0.158 e. The molecule has 0 spiro atoms. The first-order valence-corrected chi connectivity index (χ1v) is 8.50. The average molecular weight is 290 g/mol. The highest BCUT2D eigenvalue weighted by atomic mass is 32.2. The molecule has 2 rings (SSSR count). The maximum atomic E-state index is 12.2. The molecule has 2 aliphatic carbocycles. The SMILES string of the molecule is COC1CCC(OS(=O)C2CCC(OC)CC2)CC1. The molecule has 0 aliphatic heterocycles. The Kier molecular flexibility index (Phi) is 6.26. The van der Waals surface area contributed by atoms with Crippen molar-refractivity contribution in [3.8, 4) is 0 Å². The highest BCUT2D eigenvalue weighted by Gasteiger charge is 2.29. The van der Waals surface area contributed by atoms with Gasteiger partial charge in [0.1, 0.15) is 0 Å². The standard InChI is InChI=1S/C14H26O4S/c1-16-11-3-5-13(6-4-11)18-19(15)14-9-7-12(17-2)8-10-14/h11-14H,3-10H2,1-2H3. The second-order valence-electron chi connectivity index (χ2n) is 5.63. The van der Waals surface area contributed by atoms with Crippen molar-refractivity contribution in [2.24, 2.45) is 0 Å². The zero-order chi connectivity index (χ0) is 13.7. The molecule has 0 aromatic heterocycles. The smallest absolute Gasteiger partial charge is 0.158 e. The van der Waals surface area contributed by atoms with Gasteiger partial charge in [-0.2, -0.15) is 0 Å². The molecule has 1 atom stereocenters. The van der Waals surface area contributed by atoms with Gasteiger partial charge in [-0.15, -0.1) is 0 Å². The molecule has 0 N–H and O–H groups in total. The molecular weight excluding hydrogens is 264 g/mol. The van der Waals surface area contributed by atoms with Crippen LogP contribution in [0.2, 0.25) is 0 Å². The number of rotatable bonds is 5. The second-order valence-corrected chi connectivity index (χ2v) is 7.01. The predicted octanol–water partition coefficient (Wildman–Crippen LogP) is 2.58. The second kappa shape index (κ2) is 7.72. The van der Waals surface area contributed by atoms with E-state index in [4.69, 9.17) is 13.7 Å². The van der Waals surface area contributed by atoms with E-state index in [1.165, 1.54) is 0 Å². The van der Waals surface area contributed by atoms with Crippen molar-refractivity contribution < 1.29 is 17.9 Å². The van der Waals surface area contributed by atoms with Crippen LogP contribution in [0, 0.1) is 0 Å². The summed E-state index contributed by atoms with van der Waals surface area (Å²) in [5.41, 5.74) is 0. The molecule has 2 fully saturated rings. The largest absolute Gasteiger partial charge is 0.381 e. The van der Waals surface area contributed by atoms with Crippen LogP contribution in [0.4, 0.5) is 0 Å². The molecule has 112 valence electrons. The molecule has 5 heteroatoms. The molecule has 4 nitrogen and oxygen atoms in total. The summed E-state index contributed by atoms with van der Waals surface area (Å²) in [5.74, 6) is 0. The molecule has 0 aromatic carbocycles. The maximum absolute atomic E-state index is 12.2. The molecule has 0 heterocycles. The predicted molar refractivity (Wildman–Crippen MR) is 75.3 cm³/mol. The van der Waals surface area contributed by atoms with Crippen molar-refractivity contribution >= 4 is 11.1 Å². The van der Waals surface area contributed by atoms with Crippen LogP contribution in [0.25, 0.3) is 0 Å². The van der Waals surface area contributed by atoms with Gasteiger partial charge in [-0.3, -0.25) is 4.18 Å². The number of hydrogen-bond acceptors (Lipinski definition) is 4. The monoisotopic (exact) mass is 290 g/mol. The summed E-state index contributed by atoms with van der Waals surface area (Å²) in [6.45, 7) is 0. The lowest BCUT2D eigenvalue weighted by atomic mass is 9.95. The van der Waals surface area contributed by atoms with Gasteiger partial charge in [0.2, 0.25) is 0 Å². The minimum atomic E-state index is -1.13. The van der Waals surface area contributed by atoms with E-state index in [0.717, 1.165) is 51.4 Å². The van der Waals surface area contributed by atoms with Crippen LogP contribution in [0.1, 0.15) is 51.4 Å². The first-order chi connectivity index (χ1) is 9.22. The molecule has 0 bridgehead atoms. The van der Waals surface area contributed by atoms with E-state index in [9.17, 15) is 4.21 Å². The fourth-order valence-corrected chi connectivity index (χ4v) is 4.31. The van der Waals surface area contributed by atoms with Crippen molar-refractivity contribution in [2.75, 3.05) is 14.2 Å². The van der Waals surface area contributed by atoms with E-state index in [2.05, 4.69) is 0 Å². The minimum absolute atomic E-state index is 0.160. The Hall–Kier alpha value is 0.0300. The Labute approximate surface area is 118 Å². The summed E-state index contributed by atoms with van der Waals surface area (Å²) < 4.78 is 28.7. The third-order valence-electron chi connectivity index (χ3n) is 4.41. The molecule has 0 radical (unpaired) electrons. The Balaban J connectivity index is 1.70. The van der Waals surface area contributed by atoms with E-state index in [1.54, 1.807) is 14.2 Å². The van der Waals surface area contributed by atoms with Gasteiger partial charge in [0.15, 0.2) is 11.1 Å². The van der Waals surface area contributed by atoms with E-state index in [1.807, 2.05) is 0 Å². The topological polar surface area (TPSA) is 44.8 Å². The third kappa shape index (κ3) is 4.52. The Morgan fingerprint density at radius 3 is 1.63 bits per heavy atom. The van der Waals surface area contributed by atoms with Crippen LogP contribution in [0.5, 0.6) is 0 Å². The fourth-order valence-electron chi connectivity index (χ4n) is 3.04. The van der Waals surface area contributed by atoms with Crippen LogP contribution in [0.15, 0.2) is 0 Å². The number of methoxy groups -OCH3 is 2. The summed E-state index contributed by atoms with van der Waals surface area (Å²) in [4.78, 5) is 0. The lowest BCUT2D eigenvalue weighted by Crippen LogP contribution is -2.32. The highest BCUT2D eigenvalue weighted by Crippen LogP contribution is 2.28. The summed E-state index contributed by atoms with van der Waals surface area (Å²) in [5, 5.41) is 0.201. The van der Waals surface area contributed by atoms with E-state index in [0.29, 0.717) is 12.2 Å². The van der Waals surface area contributed by atoms with Crippen LogP contribution < -0.4 is 0 Å². The van der Waals surface area contributed by atoms with E-state index < -0.39 is 11.1 Å². The van der Waals surface area contributed by atoms with Crippen LogP contribution in [-0.2, 0) is 24.7 Å². The van der Waals surface area contributed by atoms with E-state index in [-0.39, 0.29) is 11.4 Å². The zero-order valence-electron chi connectivity index (χ0n) is 12.0. The van der Waals surface area contributed by atoms with Gasteiger partial charge in [-0.1, -0.05) is 0 Å². The molecule has 2 saturated carbocycles. The van der Waals surface area contributed by atoms with Crippen LogP contribution in [0.3, 0.4) is 0 Å². The van der Waals surface area contributed by atoms with Crippen LogP contribution in [-0.4, -0.2) is 42.0 Å². The van der Waals surface area contributed by atoms with Crippen molar-refractivity contribution in [3.63, 3.8) is 0 Å². The van der Waals surface area contributed by atoms with E-state index >= 15 is 0 Å². The molecule has 1 unspecified atom stereocenters. The third-order valence-corrected chi connectivity index (χ3v) is 5.89. The summed E-state index contributed by atoms with van der Waals surface area (Å²) in [7, 11) is 3.52. The van der Waals surface area contributed by atoms with Crippen molar-refractivity contribution in [2.45, 2.75) is 74.9 Å². The Morgan fingerprint density at radius 1 is 0.737 bits per heavy atom. The molecular formula is C14H26O4S. The molecule has 0 aromatic rings. The molecule has 2 aliphatic rings. The first kappa shape index (κ1) is 15.4. The molecule has 0 saturated heterocycles. The Morgan fingerprint density at radius 2 is 1.16 bits per heavy atom. The lowest BCUT2D eigenvalue weighted by molar-refractivity contribution is 0.0354. The van der Waals surface area contributed by atoms with Crippen molar-refractivity contribution in [3.05, 3.63) is 0 Å². The normalized spacial score (nSPS) is 38.0. The zero-order valence-corrected chi connectivity index (χ0v) is 12.8. The Bertz CT molecular complexity index is 281. The minimum Gasteiger partial charge on any atom is -0.381 e. The van der Waals surface area contributed by atoms with Gasteiger partial charge in [-0.25, -0.2) is 4.21 Å². The summed E-state index contributed by atoms with van der Waals surface area (Å²) in [6.07, 6.45) is 8.79. The average Bonchev–Trinajstić information content (AvgIpc) is 2.48. The van der Waals surface area contributed by atoms with Crippen molar-refractivity contribution in [1.82, 2.24) is 0 Å². The fraction of sp³-hybridized carbons (Fsp3) is 1.00. The quantitative estimate of drug-likeness (QED) is 0.780. The van der Waals surface area contributed by atoms with Gasteiger partial charge in [0.25, 0.3) is 0 Å². The van der Waals surface area contributed by atoms with Gasteiger partial charge in [-0.05, 0) is 51.4 Å².